The smallest absolute Gasteiger partial charge is 0.341 e. The van der Waals surface area contributed by atoms with E-state index in [1.54, 1.807) is 0 Å². The van der Waals surface area contributed by atoms with Crippen molar-refractivity contribution in [1.29, 1.82) is 0 Å². The van der Waals surface area contributed by atoms with Crippen molar-refractivity contribution in [3.8, 4) is 11.3 Å². The third-order valence-electron chi connectivity index (χ3n) is 5.36. The molecule has 162 valence electrons. The number of aromatic nitrogens is 3. The quantitative estimate of drug-likeness (QED) is 0.614. The Bertz CT molecular complexity index is 1090. The Hall–Kier alpha value is -2.35. The average Bonchev–Trinajstić information content (AvgIpc) is 3.09. The number of pyridine rings is 2. The van der Waals surface area contributed by atoms with Gasteiger partial charge in [0.1, 0.15) is 11.2 Å². The summed E-state index contributed by atoms with van der Waals surface area (Å²) >= 11 is 0. The molecule has 1 aliphatic rings. The highest BCUT2D eigenvalue weighted by Gasteiger charge is 2.16. The van der Waals surface area contributed by atoms with Crippen molar-refractivity contribution in [1.82, 2.24) is 19.3 Å². The molecule has 0 amide bonds. The maximum atomic E-state index is 12.2. The highest BCUT2D eigenvalue weighted by Crippen LogP contribution is 2.23. The van der Waals surface area contributed by atoms with Crippen molar-refractivity contribution in [2.75, 3.05) is 13.1 Å². The molecule has 0 aromatic carbocycles. The number of likely N-dealkylation sites (tertiary alicyclic amines) is 1. The predicted octanol–water partition coefficient (Wildman–Crippen LogP) is 3.78. The first-order chi connectivity index (χ1) is 13.5. The number of carboxylic acid groups (broad SMARTS) is 1. The van der Waals surface area contributed by atoms with Gasteiger partial charge in [-0.3, -0.25) is 9.69 Å². The van der Waals surface area contributed by atoms with Crippen LogP contribution in [-0.4, -0.2) is 43.4 Å². The molecule has 4 rings (SSSR count). The number of hydrogen-bond donors (Lipinski definition) is 2. The largest absolute Gasteiger partial charge is 0.477 e. The van der Waals surface area contributed by atoms with Crippen LogP contribution >= 0.6 is 24.8 Å². The summed E-state index contributed by atoms with van der Waals surface area (Å²) in [5.41, 5.74) is 3.36. The third-order valence-corrected chi connectivity index (χ3v) is 5.36. The molecule has 1 aliphatic heterocycles. The number of piperidine rings is 1. The topological polar surface area (TPSA) is 90.7 Å². The fraction of sp³-hybridized carbons (Fsp3) is 0.381. The van der Waals surface area contributed by atoms with Gasteiger partial charge < -0.3 is 14.5 Å². The van der Waals surface area contributed by atoms with E-state index >= 15 is 0 Å². The number of carbonyl (C=O) groups is 1. The molecule has 0 radical (unpaired) electrons. The number of halogens is 2. The molecule has 0 saturated carbocycles. The SMILES string of the molecule is CCc1cc(C(=O)O)c(=O)[nH]c1-c1ccc2nc(CN3CCCCC3)cn2c1.Cl.Cl. The monoisotopic (exact) mass is 452 g/mol. The number of nitrogens with one attached hydrogen (secondary N) is 1. The number of aromatic amines is 1. The molecule has 0 aliphatic carbocycles. The number of H-pyrrole nitrogens is 1. The molecule has 1 fully saturated rings. The minimum absolute atomic E-state index is 0. The number of imidazole rings is 1. The summed E-state index contributed by atoms with van der Waals surface area (Å²) in [6.07, 6.45) is 8.39. The Balaban J connectivity index is 0.00000160. The van der Waals surface area contributed by atoms with Crippen LogP contribution in [0.25, 0.3) is 16.9 Å². The van der Waals surface area contributed by atoms with Gasteiger partial charge in [0.05, 0.1) is 11.4 Å². The van der Waals surface area contributed by atoms with Gasteiger partial charge in [-0.2, -0.15) is 0 Å². The van der Waals surface area contributed by atoms with Crippen LogP contribution in [0.1, 0.15) is 47.8 Å². The fourth-order valence-electron chi connectivity index (χ4n) is 3.88. The zero-order valence-corrected chi connectivity index (χ0v) is 18.4. The summed E-state index contributed by atoms with van der Waals surface area (Å²) in [5.74, 6) is -1.21. The normalized spacial score (nSPS) is 14.2. The third kappa shape index (κ3) is 4.86. The van der Waals surface area contributed by atoms with Crippen molar-refractivity contribution in [3.63, 3.8) is 0 Å². The van der Waals surface area contributed by atoms with Crippen LogP contribution < -0.4 is 5.56 Å². The molecular weight excluding hydrogens is 427 g/mol. The predicted molar refractivity (Wildman–Crippen MR) is 121 cm³/mol. The maximum absolute atomic E-state index is 12.2. The molecule has 30 heavy (non-hydrogen) atoms. The van der Waals surface area contributed by atoms with Crippen LogP contribution in [0.2, 0.25) is 0 Å². The number of hydrogen-bond acceptors (Lipinski definition) is 4. The lowest BCUT2D eigenvalue weighted by Gasteiger charge is -2.25. The molecule has 7 nitrogen and oxygen atoms in total. The van der Waals surface area contributed by atoms with Gasteiger partial charge in [0.2, 0.25) is 0 Å². The van der Waals surface area contributed by atoms with Gasteiger partial charge >= 0.3 is 5.97 Å². The summed E-state index contributed by atoms with van der Waals surface area (Å²) in [6.45, 7) is 5.03. The Morgan fingerprint density at radius 1 is 1.17 bits per heavy atom. The Labute approximate surface area is 187 Å². The molecule has 0 spiro atoms. The Morgan fingerprint density at radius 3 is 2.57 bits per heavy atom. The van der Waals surface area contributed by atoms with Gasteiger partial charge in [0.25, 0.3) is 5.56 Å². The van der Waals surface area contributed by atoms with Crippen LogP contribution in [0.5, 0.6) is 0 Å². The maximum Gasteiger partial charge on any atom is 0.341 e. The lowest BCUT2D eigenvalue weighted by atomic mass is 10.0. The van der Waals surface area contributed by atoms with E-state index < -0.39 is 11.5 Å². The van der Waals surface area contributed by atoms with E-state index in [1.165, 1.54) is 25.3 Å². The number of carboxylic acids is 1. The van der Waals surface area contributed by atoms with E-state index in [2.05, 4.69) is 9.88 Å². The lowest BCUT2D eigenvalue weighted by Crippen LogP contribution is -2.29. The fourth-order valence-corrected chi connectivity index (χ4v) is 3.88. The Kier molecular flexibility index (Phi) is 8.06. The molecule has 1 saturated heterocycles. The molecule has 9 heteroatoms. The number of nitrogens with zero attached hydrogens (tertiary/aromatic N) is 3. The van der Waals surface area contributed by atoms with Crippen LogP contribution in [0, 0.1) is 0 Å². The zero-order valence-electron chi connectivity index (χ0n) is 16.8. The first-order valence-electron chi connectivity index (χ1n) is 9.75. The van der Waals surface area contributed by atoms with Crippen LogP contribution in [-0.2, 0) is 13.0 Å². The van der Waals surface area contributed by atoms with Crippen molar-refractivity contribution >= 4 is 36.4 Å². The molecule has 3 aromatic heterocycles. The second kappa shape index (κ2) is 10.1. The minimum Gasteiger partial charge on any atom is -0.477 e. The number of fused-ring (bicyclic) bond motifs is 1. The Morgan fingerprint density at radius 2 is 1.90 bits per heavy atom. The molecule has 0 atom stereocenters. The average molecular weight is 453 g/mol. The van der Waals surface area contributed by atoms with Gasteiger partial charge in [0, 0.05) is 24.5 Å². The van der Waals surface area contributed by atoms with Crippen LogP contribution in [0.3, 0.4) is 0 Å². The first kappa shape index (κ1) is 23.9. The van der Waals surface area contributed by atoms with Crippen LogP contribution in [0.4, 0.5) is 0 Å². The van der Waals surface area contributed by atoms with E-state index in [0.29, 0.717) is 12.1 Å². The van der Waals surface area contributed by atoms with Crippen molar-refractivity contribution in [2.45, 2.75) is 39.2 Å². The zero-order chi connectivity index (χ0) is 19.7. The summed E-state index contributed by atoms with van der Waals surface area (Å²) in [7, 11) is 0. The molecule has 2 N–H and O–H groups in total. The summed E-state index contributed by atoms with van der Waals surface area (Å²) < 4.78 is 1.97. The summed E-state index contributed by atoms with van der Waals surface area (Å²) in [6, 6.07) is 5.31. The molecule has 4 heterocycles. The van der Waals surface area contributed by atoms with Crippen molar-refractivity contribution < 1.29 is 9.90 Å². The van der Waals surface area contributed by atoms with E-state index in [0.717, 1.165) is 42.1 Å². The van der Waals surface area contributed by atoms with Crippen molar-refractivity contribution in [3.05, 3.63) is 57.8 Å². The van der Waals surface area contributed by atoms with Crippen molar-refractivity contribution in [2.24, 2.45) is 0 Å². The van der Waals surface area contributed by atoms with Gasteiger partial charge in [-0.15, -0.1) is 24.8 Å². The first-order valence-corrected chi connectivity index (χ1v) is 9.75. The highest BCUT2D eigenvalue weighted by atomic mass is 35.5. The van der Waals surface area contributed by atoms with E-state index in [4.69, 9.17) is 4.98 Å². The molecule has 0 bridgehead atoms. The highest BCUT2D eigenvalue weighted by molar-refractivity contribution is 5.88. The van der Waals surface area contributed by atoms with E-state index in [-0.39, 0.29) is 30.4 Å². The second-order valence-corrected chi connectivity index (χ2v) is 7.32. The number of aryl methyl sites for hydroxylation is 1. The standard InChI is InChI=1S/C21H24N4O3.2ClH/c1-2-14-10-17(21(27)28)20(26)23-19(14)15-6-7-18-22-16(13-25(18)11-15)12-24-8-4-3-5-9-24;;/h6-7,10-11,13H,2-5,8-9,12H2,1H3,(H,23,26)(H,27,28);2*1H. The van der Waals surface area contributed by atoms with Gasteiger partial charge in [0.15, 0.2) is 0 Å². The van der Waals surface area contributed by atoms with E-state index in [9.17, 15) is 14.7 Å². The number of aromatic carboxylic acids is 1. The summed E-state index contributed by atoms with van der Waals surface area (Å²) in [5, 5.41) is 9.19. The van der Waals surface area contributed by atoms with Gasteiger partial charge in [-0.25, -0.2) is 9.78 Å². The summed E-state index contributed by atoms with van der Waals surface area (Å²) in [4.78, 5) is 33.3. The number of rotatable bonds is 5. The van der Waals surface area contributed by atoms with Gasteiger partial charge in [-0.05, 0) is 56.1 Å². The molecular formula is C21H26Cl2N4O3. The lowest BCUT2D eigenvalue weighted by molar-refractivity contribution is 0.0695. The second-order valence-electron chi connectivity index (χ2n) is 7.32. The van der Waals surface area contributed by atoms with Gasteiger partial charge in [-0.1, -0.05) is 13.3 Å². The molecule has 0 unspecified atom stereocenters. The van der Waals surface area contributed by atoms with Crippen LogP contribution in [0.15, 0.2) is 35.4 Å². The molecule has 3 aromatic rings. The van der Waals surface area contributed by atoms with E-state index in [1.807, 2.05) is 35.9 Å². The minimum atomic E-state index is -1.21.